The molecule has 4 amide bonds. The summed E-state index contributed by atoms with van der Waals surface area (Å²) in [4.78, 5) is 63.0. The van der Waals surface area contributed by atoms with E-state index in [1.54, 1.807) is 19.9 Å². The van der Waals surface area contributed by atoms with Crippen LogP contribution in [0, 0.1) is 11.8 Å². The summed E-state index contributed by atoms with van der Waals surface area (Å²) in [5, 5.41) is 27.6. The van der Waals surface area contributed by atoms with Crippen LogP contribution in [0.15, 0.2) is 34.9 Å². The molecular formula is C33H56N4O8. The van der Waals surface area contributed by atoms with Crippen LogP contribution < -0.4 is 16.0 Å². The van der Waals surface area contributed by atoms with E-state index < -0.39 is 66.7 Å². The van der Waals surface area contributed by atoms with E-state index in [1.165, 1.54) is 11.1 Å². The van der Waals surface area contributed by atoms with Crippen LogP contribution in [0.5, 0.6) is 0 Å². The van der Waals surface area contributed by atoms with Gasteiger partial charge in [-0.3, -0.25) is 24.4 Å². The Labute approximate surface area is 268 Å². The maximum absolute atomic E-state index is 13.2. The maximum Gasteiger partial charge on any atom is 0.330 e. The van der Waals surface area contributed by atoms with Crippen molar-refractivity contribution in [2.24, 2.45) is 11.8 Å². The molecule has 0 aliphatic rings. The van der Waals surface area contributed by atoms with Crippen molar-refractivity contribution in [2.45, 2.75) is 112 Å². The molecule has 0 aliphatic heterocycles. The number of hydroxylamine groups is 2. The van der Waals surface area contributed by atoms with Gasteiger partial charge >= 0.3 is 5.97 Å². The van der Waals surface area contributed by atoms with Gasteiger partial charge in [-0.05, 0) is 71.6 Å². The molecule has 3 atom stereocenters. The monoisotopic (exact) mass is 636 g/mol. The van der Waals surface area contributed by atoms with Crippen LogP contribution >= 0.6 is 0 Å². The molecule has 0 aromatic rings. The lowest BCUT2D eigenvalue weighted by Crippen LogP contribution is -2.57. The first-order chi connectivity index (χ1) is 21.0. The molecule has 45 heavy (non-hydrogen) atoms. The molecule has 12 nitrogen and oxygen atoms in total. The van der Waals surface area contributed by atoms with Crippen LogP contribution in [-0.4, -0.2) is 83.4 Å². The van der Waals surface area contributed by atoms with Gasteiger partial charge in [-0.15, -0.1) is 0 Å². The largest absolute Gasteiger partial charge is 0.467 e. The van der Waals surface area contributed by atoms with E-state index in [-0.39, 0.29) is 18.9 Å². The summed E-state index contributed by atoms with van der Waals surface area (Å²) in [6.07, 6.45) is 9.30. The van der Waals surface area contributed by atoms with Crippen LogP contribution in [0.2, 0.25) is 0 Å². The van der Waals surface area contributed by atoms with Crippen molar-refractivity contribution in [1.82, 2.24) is 21.0 Å². The molecule has 0 radical (unpaired) electrons. The minimum absolute atomic E-state index is 0.0251. The Bertz CT molecular complexity index is 1080. The highest BCUT2D eigenvalue weighted by atomic mass is 16.5. The highest BCUT2D eigenvalue weighted by Crippen LogP contribution is 2.12. The summed E-state index contributed by atoms with van der Waals surface area (Å²) in [5.41, 5.74) is 3.61. The van der Waals surface area contributed by atoms with Gasteiger partial charge in [-0.25, -0.2) is 9.86 Å². The van der Waals surface area contributed by atoms with E-state index >= 15 is 0 Å². The van der Waals surface area contributed by atoms with Crippen LogP contribution in [0.3, 0.4) is 0 Å². The molecule has 0 unspecified atom stereocenters. The number of ether oxygens (including phenoxy) is 1. The van der Waals surface area contributed by atoms with Crippen LogP contribution in [0.1, 0.15) is 93.9 Å². The number of carbonyl (C=O) groups excluding carboxylic acids is 5. The van der Waals surface area contributed by atoms with Gasteiger partial charge < -0.3 is 25.8 Å². The van der Waals surface area contributed by atoms with E-state index in [0.717, 1.165) is 38.4 Å². The van der Waals surface area contributed by atoms with E-state index in [4.69, 9.17) is 0 Å². The third kappa shape index (κ3) is 18.1. The topological polar surface area (TPSA) is 174 Å². The summed E-state index contributed by atoms with van der Waals surface area (Å²) in [5.74, 6) is -4.23. The first kappa shape index (κ1) is 41.5. The number of allylic oxidation sites excluding steroid dienone is 5. The van der Waals surface area contributed by atoms with Gasteiger partial charge in [0.15, 0.2) is 6.04 Å². The van der Waals surface area contributed by atoms with Gasteiger partial charge in [-0.1, -0.05) is 62.6 Å². The van der Waals surface area contributed by atoms with Crippen molar-refractivity contribution in [1.29, 1.82) is 0 Å². The minimum Gasteiger partial charge on any atom is -0.467 e. The van der Waals surface area contributed by atoms with Crippen molar-refractivity contribution in [3.8, 4) is 0 Å². The first-order valence-corrected chi connectivity index (χ1v) is 15.5. The van der Waals surface area contributed by atoms with E-state index in [9.17, 15) is 34.3 Å². The van der Waals surface area contributed by atoms with Crippen molar-refractivity contribution in [2.75, 3.05) is 20.3 Å². The smallest absolute Gasteiger partial charge is 0.330 e. The molecule has 5 N–H and O–H groups in total. The number of methoxy groups -OCH3 is 1. The molecule has 256 valence electrons. The van der Waals surface area contributed by atoms with Crippen molar-refractivity contribution in [3.63, 3.8) is 0 Å². The number of amides is 4. The lowest BCUT2D eigenvalue weighted by Gasteiger charge is -2.27. The zero-order valence-corrected chi connectivity index (χ0v) is 28.6. The lowest BCUT2D eigenvalue weighted by molar-refractivity contribution is -0.164. The third-order valence-corrected chi connectivity index (χ3v) is 6.93. The average Bonchev–Trinajstić information content (AvgIpc) is 2.95. The Kier molecular flexibility index (Phi) is 20.3. The summed E-state index contributed by atoms with van der Waals surface area (Å²) >= 11 is 0. The van der Waals surface area contributed by atoms with Gasteiger partial charge in [0.1, 0.15) is 18.5 Å². The molecule has 0 aromatic heterocycles. The van der Waals surface area contributed by atoms with Gasteiger partial charge in [0.05, 0.1) is 20.3 Å². The predicted molar refractivity (Wildman–Crippen MR) is 173 cm³/mol. The SMILES string of the molecule is COC(=O)[C@H](CO)NC(=O)[C@H](CC(C)C)NC(=O)[C@@H](NC(=O)CC(=O)N(O)C/C=C(\C)CC/C=C(\C)CCC=C(C)C)C(C)C. The van der Waals surface area contributed by atoms with Crippen molar-refractivity contribution >= 4 is 29.6 Å². The first-order valence-electron chi connectivity index (χ1n) is 15.5. The molecule has 0 bridgehead atoms. The normalized spacial score (nSPS) is 13.9. The third-order valence-electron chi connectivity index (χ3n) is 6.93. The molecule has 0 saturated carbocycles. The Morgan fingerprint density at radius 2 is 1.36 bits per heavy atom. The molecule has 12 heteroatoms. The second-order valence-corrected chi connectivity index (χ2v) is 12.4. The number of hydrogen-bond donors (Lipinski definition) is 5. The molecule has 0 aromatic carbocycles. The van der Waals surface area contributed by atoms with Crippen LogP contribution in [0.4, 0.5) is 0 Å². The number of nitrogens with one attached hydrogen (secondary N) is 3. The quantitative estimate of drug-likeness (QED) is 0.0445. The second kappa shape index (κ2) is 22.1. The van der Waals surface area contributed by atoms with Crippen LogP contribution in [0.25, 0.3) is 0 Å². The van der Waals surface area contributed by atoms with Crippen LogP contribution in [-0.2, 0) is 28.7 Å². The number of nitrogens with zero attached hydrogens (tertiary/aromatic N) is 1. The fraction of sp³-hybridized carbons (Fsp3) is 0.667. The predicted octanol–water partition coefficient (Wildman–Crippen LogP) is 3.34. The molecule has 0 spiro atoms. The molecule has 0 saturated heterocycles. The zero-order valence-electron chi connectivity index (χ0n) is 28.6. The lowest BCUT2D eigenvalue weighted by atomic mass is 9.99. The Morgan fingerprint density at radius 3 is 1.87 bits per heavy atom. The molecular weight excluding hydrogens is 580 g/mol. The summed E-state index contributed by atoms with van der Waals surface area (Å²) in [7, 11) is 1.12. The highest BCUT2D eigenvalue weighted by Gasteiger charge is 2.32. The fourth-order valence-electron chi connectivity index (χ4n) is 4.23. The van der Waals surface area contributed by atoms with Gasteiger partial charge in [0, 0.05) is 0 Å². The van der Waals surface area contributed by atoms with Gasteiger partial charge in [0.2, 0.25) is 17.7 Å². The Morgan fingerprint density at radius 1 is 0.800 bits per heavy atom. The average molecular weight is 637 g/mol. The fourth-order valence-corrected chi connectivity index (χ4v) is 4.23. The van der Waals surface area contributed by atoms with E-state index in [2.05, 4.69) is 53.6 Å². The number of aliphatic hydroxyl groups is 1. The van der Waals surface area contributed by atoms with Crippen molar-refractivity contribution in [3.05, 3.63) is 34.9 Å². The number of esters is 1. The van der Waals surface area contributed by atoms with Crippen molar-refractivity contribution < 1.29 is 39.0 Å². The number of rotatable bonds is 20. The minimum atomic E-state index is -1.30. The molecule has 0 aliphatic carbocycles. The molecule has 0 rings (SSSR count). The number of hydrogen-bond acceptors (Lipinski definition) is 8. The number of carbonyl (C=O) groups is 5. The summed E-state index contributed by atoms with van der Waals surface area (Å²) < 4.78 is 4.57. The number of aliphatic hydroxyl groups excluding tert-OH is 1. The molecule has 0 fully saturated rings. The zero-order chi connectivity index (χ0) is 34.7. The Hall–Kier alpha value is -3.51. The van der Waals surface area contributed by atoms with E-state index in [0.29, 0.717) is 5.06 Å². The Balaban J connectivity index is 5.14. The second-order valence-electron chi connectivity index (χ2n) is 12.4. The summed E-state index contributed by atoms with van der Waals surface area (Å²) in [6, 6.07) is -3.46. The maximum atomic E-state index is 13.2. The van der Waals surface area contributed by atoms with Gasteiger partial charge in [0.25, 0.3) is 5.91 Å². The van der Waals surface area contributed by atoms with Gasteiger partial charge in [-0.2, -0.15) is 0 Å². The molecule has 0 heterocycles. The standard InChI is InChI=1S/C33H56N4O8/c1-21(2)12-10-13-24(7)14-11-15-25(8)16-17-37(44)29(40)19-28(39)36-30(23(5)6)32(42)34-26(18-22(3)4)31(41)35-27(20-38)33(43)45-9/h12,14,16,22-23,26-27,30,38,44H,10-11,13,15,17-20H2,1-9H3,(H,34,42)(H,35,41)(H,36,39)/b24-14+,25-16+/t26-,27-,30-/m0/s1. The summed E-state index contributed by atoms with van der Waals surface area (Å²) in [6.45, 7) is 14.5. The highest BCUT2D eigenvalue weighted by molar-refractivity contribution is 5.99. The van der Waals surface area contributed by atoms with E-state index in [1.807, 2.05) is 20.8 Å².